The lowest BCUT2D eigenvalue weighted by atomic mass is 10.0. The van der Waals surface area contributed by atoms with Crippen LogP contribution in [-0.4, -0.2) is 52.6 Å². The molecule has 2 amide bonds. The van der Waals surface area contributed by atoms with Crippen molar-refractivity contribution in [3.8, 4) is 0 Å². The van der Waals surface area contributed by atoms with Gasteiger partial charge in [-0.3, -0.25) is 0 Å². The molecule has 6 heteroatoms. The maximum atomic E-state index is 12.0. The number of carboxylic acid groups (broad SMARTS) is 1. The largest absolute Gasteiger partial charge is 0.480 e. The molecule has 0 aromatic carbocycles. The summed E-state index contributed by atoms with van der Waals surface area (Å²) in [6.45, 7) is 5.31. The minimum absolute atomic E-state index is 0.242. The average molecular weight is 274 g/mol. The molecule has 1 aliphatic heterocycles. The summed E-state index contributed by atoms with van der Waals surface area (Å²) in [6.07, 6.45) is 1.43. The van der Waals surface area contributed by atoms with Crippen molar-refractivity contribution in [3.63, 3.8) is 0 Å². The summed E-state index contributed by atoms with van der Waals surface area (Å²) in [5, 5.41) is 11.7. The van der Waals surface area contributed by atoms with Crippen molar-refractivity contribution in [1.82, 2.24) is 10.2 Å². The Hall–Kier alpha value is -0.910. The summed E-state index contributed by atoms with van der Waals surface area (Å²) in [5.74, 6) is 1.28. The molecule has 1 heterocycles. The molecule has 0 radical (unpaired) electrons. The van der Waals surface area contributed by atoms with Crippen LogP contribution in [-0.2, 0) is 4.79 Å². The number of hydrogen-bond donors (Lipinski definition) is 2. The zero-order valence-electron chi connectivity index (χ0n) is 11.0. The van der Waals surface area contributed by atoms with Crippen LogP contribution in [0.5, 0.6) is 0 Å². The molecule has 0 aromatic rings. The molecule has 0 saturated carbocycles. The number of aliphatic carboxylic acids is 1. The van der Waals surface area contributed by atoms with E-state index in [4.69, 9.17) is 5.11 Å². The van der Waals surface area contributed by atoms with Gasteiger partial charge in [0.1, 0.15) is 6.04 Å². The van der Waals surface area contributed by atoms with Gasteiger partial charge in [-0.05, 0) is 24.5 Å². The van der Waals surface area contributed by atoms with Crippen LogP contribution in [0.4, 0.5) is 4.79 Å². The minimum atomic E-state index is -0.957. The van der Waals surface area contributed by atoms with E-state index in [1.807, 2.05) is 25.6 Å². The number of nitrogens with zero attached hydrogens (tertiary/aromatic N) is 1. The molecule has 1 atom stereocenters. The zero-order chi connectivity index (χ0) is 13.5. The van der Waals surface area contributed by atoms with E-state index in [9.17, 15) is 9.59 Å². The first kappa shape index (κ1) is 15.1. The fourth-order valence-corrected chi connectivity index (χ4v) is 2.77. The van der Waals surface area contributed by atoms with Crippen LogP contribution in [0.15, 0.2) is 0 Å². The predicted octanol–water partition coefficient (Wildman–Crippen LogP) is 1.63. The molecule has 1 saturated heterocycles. The van der Waals surface area contributed by atoms with Crippen molar-refractivity contribution in [2.24, 2.45) is 5.92 Å². The Labute approximate surface area is 112 Å². The van der Waals surface area contributed by atoms with Crippen molar-refractivity contribution >= 4 is 23.8 Å². The van der Waals surface area contributed by atoms with E-state index < -0.39 is 12.0 Å². The second kappa shape index (κ2) is 7.51. The van der Waals surface area contributed by atoms with E-state index in [-0.39, 0.29) is 11.9 Å². The second-order valence-electron chi connectivity index (χ2n) is 4.92. The average Bonchev–Trinajstić information content (AvgIpc) is 2.55. The fourth-order valence-electron chi connectivity index (χ4n) is 1.88. The number of carboxylic acids is 1. The first-order valence-corrected chi connectivity index (χ1v) is 7.52. The summed E-state index contributed by atoms with van der Waals surface area (Å²) < 4.78 is 0. The van der Waals surface area contributed by atoms with Crippen LogP contribution in [0.3, 0.4) is 0 Å². The normalized spacial score (nSPS) is 18.3. The number of rotatable bonds is 4. The predicted molar refractivity (Wildman–Crippen MR) is 72.9 cm³/mol. The number of amides is 2. The van der Waals surface area contributed by atoms with Gasteiger partial charge in [0.15, 0.2) is 0 Å². The standard InChI is InChI=1S/C12H22N2O3S/c1-9(2)8-10(11(15)16)13-12(17)14-4-3-6-18-7-5-14/h9-10H,3-8H2,1-2H3,(H,13,17)(H,15,16)/t10-/m1/s1. The van der Waals surface area contributed by atoms with Gasteiger partial charge in [-0.2, -0.15) is 11.8 Å². The third-order valence-electron chi connectivity index (χ3n) is 2.81. The van der Waals surface area contributed by atoms with Gasteiger partial charge in [-0.15, -0.1) is 0 Å². The van der Waals surface area contributed by atoms with Gasteiger partial charge in [-0.1, -0.05) is 13.8 Å². The van der Waals surface area contributed by atoms with E-state index >= 15 is 0 Å². The number of thioether (sulfide) groups is 1. The van der Waals surface area contributed by atoms with Gasteiger partial charge in [-0.25, -0.2) is 9.59 Å². The molecule has 0 aliphatic carbocycles. The van der Waals surface area contributed by atoms with Crippen molar-refractivity contribution in [2.75, 3.05) is 24.6 Å². The fraction of sp³-hybridized carbons (Fsp3) is 0.833. The highest BCUT2D eigenvalue weighted by molar-refractivity contribution is 7.99. The molecular weight excluding hydrogens is 252 g/mol. The quantitative estimate of drug-likeness (QED) is 0.817. The van der Waals surface area contributed by atoms with Crippen molar-refractivity contribution < 1.29 is 14.7 Å². The summed E-state index contributed by atoms with van der Waals surface area (Å²) in [7, 11) is 0. The molecule has 0 bridgehead atoms. The van der Waals surface area contributed by atoms with Gasteiger partial charge in [0.25, 0.3) is 0 Å². The van der Waals surface area contributed by atoms with Crippen LogP contribution in [0.25, 0.3) is 0 Å². The molecule has 18 heavy (non-hydrogen) atoms. The smallest absolute Gasteiger partial charge is 0.326 e. The lowest BCUT2D eigenvalue weighted by molar-refractivity contribution is -0.139. The minimum Gasteiger partial charge on any atom is -0.480 e. The maximum Gasteiger partial charge on any atom is 0.326 e. The first-order valence-electron chi connectivity index (χ1n) is 6.36. The molecule has 0 spiro atoms. The molecule has 2 N–H and O–H groups in total. The van der Waals surface area contributed by atoms with Crippen molar-refractivity contribution in [3.05, 3.63) is 0 Å². The van der Waals surface area contributed by atoms with Gasteiger partial charge in [0.2, 0.25) is 0 Å². The molecule has 1 aliphatic rings. The molecule has 5 nitrogen and oxygen atoms in total. The Morgan fingerprint density at radius 1 is 1.33 bits per heavy atom. The molecule has 1 rings (SSSR count). The van der Waals surface area contributed by atoms with Crippen LogP contribution in [0.1, 0.15) is 26.7 Å². The Morgan fingerprint density at radius 3 is 2.67 bits per heavy atom. The summed E-state index contributed by atoms with van der Waals surface area (Å²) in [5.41, 5.74) is 0. The number of nitrogens with one attached hydrogen (secondary N) is 1. The second-order valence-corrected chi connectivity index (χ2v) is 6.15. The maximum absolute atomic E-state index is 12.0. The van der Waals surface area contributed by atoms with Gasteiger partial charge in [0.05, 0.1) is 0 Å². The van der Waals surface area contributed by atoms with Gasteiger partial charge >= 0.3 is 12.0 Å². The molecular formula is C12H22N2O3S. The van der Waals surface area contributed by atoms with Crippen LogP contribution < -0.4 is 5.32 Å². The van der Waals surface area contributed by atoms with E-state index in [1.165, 1.54) is 0 Å². The summed E-state index contributed by atoms with van der Waals surface area (Å²) >= 11 is 1.83. The van der Waals surface area contributed by atoms with Crippen LogP contribution in [0, 0.1) is 5.92 Å². The van der Waals surface area contributed by atoms with Crippen LogP contribution >= 0.6 is 11.8 Å². The molecule has 104 valence electrons. The Morgan fingerprint density at radius 2 is 2.06 bits per heavy atom. The Kier molecular flexibility index (Phi) is 6.32. The number of carbonyl (C=O) groups is 2. The van der Waals surface area contributed by atoms with Gasteiger partial charge < -0.3 is 15.3 Å². The molecule has 0 aromatic heterocycles. The Balaban J connectivity index is 2.51. The first-order chi connectivity index (χ1) is 8.50. The van der Waals surface area contributed by atoms with E-state index in [2.05, 4.69) is 5.32 Å². The van der Waals surface area contributed by atoms with Crippen LogP contribution in [0.2, 0.25) is 0 Å². The summed E-state index contributed by atoms with van der Waals surface area (Å²) in [4.78, 5) is 24.8. The number of carbonyl (C=O) groups excluding carboxylic acids is 1. The Bertz CT molecular complexity index is 289. The third-order valence-corrected chi connectivity index (χ3v) is 3.86. The SMILES string of the molecule is CC(C)C[C@@H](NC(=O)N1CCCSCC1)C(=O)O. The van der Waals surface area contributed by atoms with Crippen molar-refractivity contribution in [2.45, 2.75) is 32.7 Å². The highest BCUT2D eigenvalue weighted by Crippen LogP contribution is 2.11. The highest BCUT2D eigenvalue weighted by atomic mass is 32.2. The lowest BCUT2D eigenvalue weighted by Crippen LogP contribution is -2.49. The van der Waals surface area contributed by atoms with E-state index in [0.717, 1.165) is 17.9 Å². The lowest BCUT2D eigenvalue weighted by Gasteiger charge is -2.24. The molecule has 0 unspecified atom stereocenters. The third kappa shape index (κ3) is 5.16. The monoisotopic (exact) mass is 274 g/mol. The number of urea groups is 1. The van der Waals surface area contributed by atoms with E-state index in [0.29, 0.717) is 19.5 Å². The topological polar surface area (TPSA) is 69.6 Å². The molecule has 1 fully saturated rings. The zero-order valence-corrected chi connectivity index (χ0v) is 11.8. The van der Waals surface area contributed by atoms with Crippen molar-refractivity contribution in [1.29, 1.82) is 0 Å². The summed E-state index contributed by atoms with van der Waals surface area (Å²) in [6, 6.07) is -1.03. The number of hydrogen-bond acceptors (Lipinski definition) is 3. The van der Waals surface area contributed by atoms with Gasteiger partial charge in [0, 0.05) is 18.8 Å². The highest BCUT2D eigenvalue weighted by Gasteiger charge is 2.24. The van der Waals surface area contributed by atoms with E-state index in [1.54, 1.807) is 4.90 Å².